The van der Waals surface area contributed by atoms with Gasteiger partial charge in [-0.2, -0.15) is 0 Å². The molecule has 0 radical (unpaired) electrons. The van der Waals surface area contributed by atoms with Gasteiger partial charge in [0.15, 0.2) is 0 Å². The number of hydrogen-bond acceptors (Lipinski definition) is 2. The molecule has 1 aromatic rings. The fourth-order valence-corrected chi connectivity index (χ4v) is 2.07. The van der Waals surface area contributed by atoms with E-state index in [1.807, 2.05) is 12.1 Å². The van der Waals surface area contributed by atoms with Crippen LogP contribution in [0.1, 0.15) is 12.0 Å². The first kappa shape index (κ1) is 10.3. The van der Waals surface area contributed by atoms with Crippen molar-refractivity contribution < 1.29 is 14.6 Å². The number of halogens is 1. The predicted octanol–water partition coefficient (Wildman–Crippen LogP) is 2.37. The van der Waals surface area contributed by atoms with Crippen LogP contribution in [-0.2, 0) is 11.2 Å². The summed E-state index contributed by atoms with van der Waals surface area (Å²) in [6, 6.07) is 5.56. The largest absolute Gasteiger partial charge is 0.491 e. The van der Waals surface area contributed by atoms with Crippen molar-refractivity contribution in [3.05, 3.63) is 28.8 Å². The van der Waals surface area contributed by atoms with Gasteiger partial charge in [-0.25, -0.2) is 0 Å². The van der Waals surface area contributed by atoms with E-state index in [1.165, 1.54) is 0 Å². The van der Waals surface area contributed by atoms with Crippen molar-refractivity contribution in [2.75, 3.05) is 6.61 Å². The van der Waals surface area contributed by atoms with Crippen LogP contribution in [0.2, 0.25) is 5.02 Å². The molecular weight excluding hydrogens is 216 g/mol. The molecule has 1 aromatic carbocycles. The fourth-order valence-electron chi connectivity index (χ4n) is 1.83. The van der Waals surface area contributed by atoms with Gasteiger partial charge in [0.2, 0.25) is 0 Å². The summed E-state index contributed by atoms with van der Waals surface area (Å²) >= 11 is 5.95. The third-order valence-corrected chi connectivity index (χ3v) is 2.78. The second-order valence-electron chi connectivity index (χ2n) is 3.71. The Hall–Kier alpha value is -1.22. The smallest absolute Gasteiger partial charge is 0.303 e. The maximum Gasteiger partial charge on any atom is 0.303 e. The standard InChI is InChI=1S/C11H11ClO3/c12-9-3-1-2-8-4-7(5-10(13)14)6-15-11(8)9/h1-3,7H,4-6H2,(H,13,14). The SMILES string of the molecule is O=C(O)CC1COc2c(Cl)cccc2C1. The number of benzene rings is 1. The fraction of sp³-hybridized carbons (Fsp3) is 0.364. The van der Waals surface area contributed by atoms with Crippen LogP contribution in [0.5, 0.6) is 5.75 Å². The van der Waals surface area contributed by atoms with Gasteiger partial charge in [0.1, 0.15) is 5.75 Å². The first-order valence-electron chi connectivity index (χ1n) is 4.79. The molecule has 1 heterocycles. The van der Waals surface area contributed by atoms with E-state index in [0.717, 1.165) is 12.0 Å². The van der Waals surface area contributed by atoms with E-state index in [9.17, 15) is 4.79 Å². The molecule has 4 heteroatoms. The van der Waals surface area contributed by atoms with E-state index in [2.05, 4.69) is 0 Å². The van der Waals surface area contributed by atoms with Crippen LogP contribution in [0, 0.1) is 5.92 Å². The molecule has 0 fully saturated rings. The molecule has 1 N–H and O–H groups in total. The molecule has 1 aliphatic heterocycles. The average molecular weight is 227 g/mol. The highest BCUT2D eigenvalue weighted by molar-refractivity contribution is 6.32. The Balaban J connectivity index is 2.17. The van der Waals surface area contributed by atoms with Crippen LogP contribution in [-0.4, -0.2) is 17.7 Å². The predicted molar refractivity (Wildman–Crippen MR) is 56.4 cm³/mol. The molecule has 1 unspecified atom stereocenters. The Kier molecular flexibility index (Phi) is 2.82. The Labute approximate surface area is 92.6 Å². The summed E-state index contributed by atoms with van der Waals surface area (Å²) in [5.74, 6) is -0.0247. The molecule has 0 bridgehead atoms. The van der Waals surface area contributed by atoms with Crippen LogP contribution >= 0.6 is 11.6 Å². The third kappa shape index (κ3) is 2.23. The second kappa shape index (κ2) is 4.11. The highest BCUT2D eigenvalue weighted by Crippen LogP contribution is 2.34. The van der Waals surface area contributed by atoms with Gasteiger partial charge in [0, 0.05) is 5.92 Å². The van der Waals surface area contributed by atoms with Crippen molar-refractivity contribution in [1.29, 1.82) is 0 Å². The van der Waals surface area contributed by atoms with Gasteiger partial charge in [0.25, 0.3) is 0 Å². The minimum absolute atomic E-state index is 0.0495. The van der Waals surface area contributed by atoms with Crippen LogP contribution in [0.3, 0.4) is 0 Å². The van der Waals surface area contributed by atoms with E-state index in [-0.39, 0.29) is 12.3 Å². The molecule has 2 rings (SSSR count). The summed E-state index contributed by atoms with van der Waals surface area (Å²) in [4.78, 5) is 10.6. The van der Waals surface area contributed by atoms with Gasteiger partial charge in [0.05, 0.1) is 18.1 Å². The van der Waals surface area contributed by atoms with E-state index in [1.54, 1.807) is 6.07 Å². The van der Waals surface area contributed by atoms with E-state index >= 15 is 0 Å². The van der Waals surface area contributed by atoms with Gasteiger partial charge < -0.3 is 9.84 Å². The number of carboxylic acid groups (broad SMARTS) is 1. The molecule has 0 amide bonds. The van der Waals surface area contributed by atoms with Crippen molar-refractivity contribution >= 4 is 17.6 Å². The Morgan fingerprint density at radius 2 is 2.40 bits per heavy atom. The molecule has 1 atom stereocenters. The summed E-state index contributed by atoms with van der Waals surface area (Å²) in [6.07, 6.45) is 0.869. The van der Waals surface area contributed by atoms with Gasteiger partial charge in [-0.3, -0.25) is 4.79 Å². The summed E-state index contributed by atoms with van der Waals surface area (Å²) in [6.45, 7) is 0.434. The molecular formula is C11H11ClO3. The van der Waals surface area contributed by atoms with E-state index < -0.39 is 5.97 Å². The van der Waals surface area contributed by atoms with Crippen LogP contribution in [0.25, 0.3) is 0 Å². The van der Waals surface area contributed by atoms with Crippen LogP contribution in [0.15, 0.2) is 18.2 Å². The maximum absolute atomic E-state index is 10.6. The van der Waals surface area contributed by atoms with E-state index in [0.29, 0.717) is 17.4 Å². The number of hydrogen-bond donors (Lipinski definition) is 1. The molecule has 1 aliphatic rings. The zero-order valence-electron chi connectivity index (χ0n) is 8.07. The monoisotopic (exact) mass is 226 g/mol. The molecule has 0 aliphatic carbocycles. The Bertz CT molecular complexity index is 389. The van der Waals surface area contributed by atoms with Crippen molar-refractivity contribution in [2.45, 2.75) is 12.8 Å². The van der Waals surface area contributed by atoms with Crippen molar-refractivity contribution in [3.63, 3.8) is 0 Å². The topological polar surface area (TPSA) is 46.5 Å². The lowest BCUT2D eigenvalue weighted by molar-refractivity contribution is -0.138. The van der Waals surface area contributed by atoms with Crippen molar-refractivity contribution in [2.24, 2.45) is 5.92 Å². The number of aliphatic carboxylic acids is 1. The first-order chi connectivity index (χ1) is 7.16. The minimum atomic E-state index is -0.783. The summed E-state index contributed by atoms with van der Waals surface area (Å²) < 4.78 is 5.47. The maximum atomic E-state index is 10.6. The van der Waals surface area contributed by atoms with Crippen LogP contribution < -0.4 is 4.74 Å². The lowest BCUT2D eigenvalue weighted by atomic mass is 9.94. The number of para-hydroxylation sites is 1. The number of fused-ring (bicyclic) bond motifs is 1. The summed E-state index contributed by atoms with van der Waals surface area (Å²) in [5.41, 5.74) is 1.00. The zero-order chi connectivity index (χ0) is 10.8. The van der Waals surface area contributed by atoms with Crippen LogP contribution in [0.4, 0.5) is 0 Å². The summed E-state index contributed by atoms with van der Waals surface area (Å²) in [5, 5.41) is 9.29. The lowest BCUT2D eigenvalue weighted by Gasteiger charge is -2.24. The minimum Gasteiger partial charge on any atom is -0.491 e. The molecule has 0 saturated carbocycles. The molecule has 80 valence electrons. The summed E-state index contributed by atoms with van der Waals surface area (Å²) in [7, 11) is 0. The lowest BCUT2D eigenvalue weighted by Crippen LogP contribution is -2.23. The van der Waals surface area contributed by atoms with Gasteiger partial charge in [-0.15, -0.1) is 0 Å². The van der Waals surface area contributed by atoms with Crippen molar-refractivity contribution in [1.82, 2.24) is 0 Å². The zero-order valence-corrected chi connectivity index (χ0v) is 8.83. The molecule has 15 heavy (non-hydrogen) atoms. The normalized spacial score (nSPS) is 19.1. The quantitative estimate of drug-likeness (QED) is 0.842. The number of ether oxygens (including phenoxy) is 1. The highest BCUT2D eigenvalue weighted by Gasteiger charge is 2.23. The van der Waals surface area contributed by atoms with E-state index in [4.69, 9.17) is 21.4 Å². The number of carboxylic acids is 1. The molecule has 0 aromatic heterocycles. The van der Waals surface area contributed by atoms with Gasteiger partial charge in [-0.05, 0) is 18.1 Å². The average Bonchev–Trinajstić information content (AvgIpc) is 2.17. The Morgan fingerprint density at radius 3 is 3.13 bits per heavy atom. The van der Waals surface area contributed by atoms with Gasteiger partial charge in [-0.1, -0.05) is 23.7 Å². The van der Waals surface area contributed by atoms with Gasteiger partial charge >= 0.3 is 5.97 Å². The highest BCUT2D eigenvalue weighted by atomic mass is 35.5. The molecule has 0 spiro atoms. The Morgan fingerprint density at radius 1 is 1.60 bits per heavy atom. The second-order valence-corrected chi connectivity index (χ2v) is 4.11. The molecule has 3 nitrogen and oxygen atoms in total. The first-order valence-corrected chi connectivity index (χ1v) is 5.16. The number of carbonyl (C=O) groups is 1. The third-order valence-electron chi connectivity index (χ3n) is 2.48. The molecule has 0 saturated heterocycles. The van der Waals surface area contributed by atoms with Crippen molar-refractivity contribution in [3.8, 4) is 5.75 Å². The number of rotatable bonds is 2.